The van der Waals surface area contributed by atoms with E-state index in [1.54, 1.807) is 18.3 Å². The maximum Gasteiger partial charge on any atom is 0.325 e. The summed E-state index contributed by atoms with van der Waals surface area (Å²) in [5, 5.41) is 7.26. The summed E-state index contributed by atoms with van der Waals surface area (Å²) in [6, 6.07) is 3.54. The Balaban J connectivity index is 2.36. The first-order valence-electron chi connectivity index (χ1n) is 5.90. The fraction of sp³-hybridized carbons (Fsp3) is 0.500. The van der Waals surface area contributed by atoms with Crippen LogP contribution in [0.15, 0.2) is 17.5 Å². The standard InChI is InChI=1S/C12H18N2O3S/c1-3-9(10-6-5-7-18-10)14-12(16)13-8-11(15)17-4-2/h5-7,9H,3-4,8H2,1-2H3,(H2,13,14,16). The van der Waals surface area contributed by atoms with Crippen LogP contribution in [0, 0.1) is 0 Å². The van der Waals surface area contributed by atoms with Gasteiger partial charge in [-0.3, -0.25) is 4.79 Å². The van der Waals surface area contributed by atoms with E-state index in [1.165, 1.54) is 0 Å². The summed E-state index contributed by atoms with van der Waals surface area (Å²) >= 11 is 1.60. The average Bonchev–Trinajstić information content (AvgIpc) is 2.87. The van der Waals surface area contributed by atoms with Crippen molar-refractivity contribution in [1.82, 2.24) is 10.6 Å². The zero-order chi connectivity index (χ0) is 13.4. The fourth-order valence-electron chi connectivity index (χ4n) is 1.44. The Morgan fingerprint density at radius 3 is 2.78 bits per heavy atom. The maximum absolute atomic E-state index is 11.6. The average molecular weight is 270 g/mol. The Morgan fingerprint density at radius 2 is 2.22 bits per heavy atom. The smallest absolute Gasteiger partial charge is 0.325 e. The van der Waals surface area contributed by atoms with Crippen LogP contribution >= 0.6 is 11.3 Å². The lowest BCUT2D eigenvalue weighted by molar-refractivity contribution is -0.141. The molecule has 2 amide bonds. The van der Waals surface area contributed by atoms with E-state index in [9.17, 15) is 9.59 Å². The number of carbonyl (C=O) groups is 2. The van der Waals surface area contributed by atoms with Crippen molar-refractivity contribution < 1.29 is 14.3 Å². The first kappa shape index (κ1) is 14.5. The van der Waals surface area contributed by atoms with Gasteiger partial charge >= 0.3 is 12.0 Å². The molecule has 0 aromatic carbocycles. The minimum atomic E-state index is -0.433. The van der Waals surface area contributed by atoms with Gasteiger partial charge in [-0.05, 0) is 24.8 Å². The summed E-state index contributed by atoms with van der Waals surface area (Å²) in [6.07, 6.45) is 0.799. The second kappa shape index (κ2) is 7.71. The number of esters is 1. The Hall–Kier alpha value is -1.56. The van der Waals surface area contributed by atoms with Gasteiger partial charge in [-0.2, -0.15) is 0 Å². The van der Waals surface area contributed by atoms with Gasteiger partial charge in [0.2, 0.25) is 0 Å². The molecule has 0 aliphatic carbocycles. The van der Waals surface area contributed by atoms with Crippen molar-refractivity contribution in [3.63, 3.8) is 0 Å². The molecule has 0 spiro atoms. The second-order valence-corrected chi connectivity index (χ2v) is 4.59. The Bertz CT molecular complexity index is 379. The van der Waals surface area contributed by atoms with E-state index in [0.717, 1.165) is 11.3 Å². The Morgan fingerprint density at radius 1 is 1.44 bits per heavy atom. The van der Waals surface area contributed by atoms with Gasteiger partial charge in [0, 0.05) is 4.88 Å². The fourth-order valence-corrected chi connectivity index (χ4v) is 2.30. The van der Waals surface area contributed by atoms with Crippen LogP contribution in [0.3, 0.4) is 0 Å². The lowest BCUT2D eigenvalue weighted by Gasteiger charge is -2.15. The van der Waals surface area contributed by atoms with Crippen molar-refractivity contribution >= 4 is 23.3 Å². The molecule has 0 aliphatic rings. The van der Waals surface area contributed by atoms with E-state index in [1.807, 2.05) is 24.4 Å². The maximum atomic E-state index is 11.6. The summed E-state index contributed by atoms with van der Waals surface area (Å²) in [4.78, 5) is 23.8. The van der Waals surface area contributed by atoms with Crippen LogP contribution in [0.4, 0.5) is 4.79 Å². The van der Waals surface area contributed by atoms with Crippen molar-refractivity contribution in [3.05, 3.63) is 22.4 Å². The molecule has 0 radical (unpaired) electrons. The molecule has 6 heteroatoms. The molecule has 5 nitrogen and oxygen atoms in total. The molecular formula is C12H18N2O3S. The van der Waals surface area contributed by atoms with E-state index in [0.29, 0.717) is 6.61 Å². The normalized spacial score (nSPS) is 11.7. The highest BCUT2D eigenvalue weighted by molar-refractivity contribution is 7.10. The van der Waals surface area contributed by atoms with E-state index in [2.05, 4.69) is 10.6 Å². The molecule has 1 aromatic rings. The molecule has 0 saturated carbocycles. The van der Waals surface area contributed by atoms with Gasteiger partial charge in [-0.15, -0.1) is 11.3 Å². The third-order valence-electron chi connectivity index (χ3n) is 2.30. The van der Waals surface area contributed by atoms with Crippen molar-refractivity contribution in [2.75, 3.05) is 13.2 Å². The molecule has 0 fully saturated rings. The largest absolute Gasteiger partial charge is 0.465 e. The van der Waals surface area contributed by atoms with Gasteiger partial charge < -0.3 is 15.4 Å². The molecule has 100 valence electrons. The molecule has 1 heterocycles. The van der Waals surface area contributed by atoms with Gasteiger partial charge in [0.15, 0.2) is 0 Å². The van der Waals surface area contributed by atoms with Gasteiger partial charge in [0.25, 0.3) is 0 Å². The number of thiophene rings is 1. The zero-order valence-electron chi connectivity index (χ0n) is 10.6. The van der Waals surface area contributed by atoms with Crippen LogP contribution in [0.2, 0.25) is 0 Å². The number of carbonyl (C=O) groups excluding carboxylic acids is 2. The van der Waals surface area contributed by atoms with Gasteiger partial charge in [0.1, 0.15) is 6.54 Å². The van der Waals surface area contributed by atoms with E-state index >= 15 is 0 Å². The molecular weight excluding hydrogens is 252 g/mol. The highest BCUT2D eigenvalue weighted by Crippen LogP contribution is 2.21. The number of hydrogen-bond acceptors (Lipinski definition) is 4. The predicted molar refractivity (Wildman–Crippen MR) is 70.5 cm³/mol. The number of nitrogens with one attached hydrogen (secondary N) is 2. The molecule has 0 saturated heterocycles. The SMILES string of the molecule is CCOC(=O)CNC(=O)NC(CC)c1cccs1. The first-order chi connectivity index (χ1) is 8.67. The Labute approximate surface area is 111 Å². The van der Waals surface area contributed by atoms with Crippen LogP contribution in [0.1, 0.15) is 31.2 Å². The monoisotopic (exact) mass is 270 g/mol. The highest BCUT2D eigenvalue weighted by atomic mass is 32.1. The van der Waals surface area contributed by atoms with Gasteiger partial charge in [-0.25, -0.2) is 4.79 Å². The second-order valence-electron chi connectivity index (χ2n) is 3.61. The van der Waals surface area contributed by atoms with Crippen LogP contribution < -0.4 is 10.6 Å². The summed E-state index contributed by atoms with van der Waals surface area (Å²) in [6.45, 7) is 3.92. The van der Waals surface area contributed by atoms with Crippen molar-refractivity contribution in [3.8, 4) is 0 Å². The summed E-state index contributed by atoms with van der Waals surface area (Å²) in [7, 11) is 0. The number of amides is 2. The lowest BCUT2D eigenvalue weighted by atomic mass is 10.2. The van der Waals surface area contributed by atoms with E-state index < -0.39 is 5.97 Å². The molecule has 18 heavy (non-hydrogen) atoms. The van der Waals surface area contributed by atoms with Crippen LogP contribution in [0.5, 0.6) is 0 Å². The van der Waals surface area contributed by atoms with E-state index in [4.69, 9.17) is 4.74 Å². The van der Waals surface area contributed by atoms with Crippen LogP contribution in [-0.4, -0.2) is 25.2 Å². The molecule has 1 aromatic heterocycles. The topological polar surface area (TPSA) is 67.4 Å². The predicted octanol–water partition coefficient (Wildman–Crippen LogP) is 2.06. The molecule has 1 rings (SSSR count). The number of rotatable bonds is 6. The van der Waals surface area contributed by atoms with Crippen molar-refractivity contribution in [2.45, 2.75) is 26.3 Å². The molecule has 1 unspecified atom stereocenters. The molecule has 0 aliphatic heterocycles. The van der Waals surface area contributed by atoms with Crippen molar-refractivity contribution in [2.24, 2.45) is 0 Å². The number of hydrogen-bond donors (Lipinski definition) is 2. The van der Waals surface area contributed by atoms with Crippen LogP contribution in [-0.2, 0) is 9.53 Å². The van der Waals surface area contributed by atoms with E-state index in [-0.39, 0.29) is 18.6 Å². The number of urea groups is 1. The minimum Gasteiger partial charge on any atom is -0.465 e. The summed E-state index contributed by atoms with van der Waals surface area (Å²) in [5.41, 5.74) is 0. The lowest BCUT2D eigenvalue weighted by Crippen LogP contribution is -2.40. The summed E-state index contributed by atoms with van der Waals surface area (Å²) < 4.78 is 4.72. The Kier molecular flexibility index (Phi) is 6.21. The van der Waals surface area contributed by atoms with Crippen LogP contribution in [0.25, 0.3) is 0 Å². The zero-order valence-corrected chi connectivity index (χ0v) is 11.4. The van der Waals surface area contributed by atoms with Gasteiger partial charge in [-0.1, -0.05) is 13.0 Å². The first-order valence-corrected chi connectivity index (χ1v) is 6.78. The third kappa shape index (κ3) is 4.75. The highest BCUT2D eigenvalue weighted by Gasteiger charge is 2.13. The third-order valence-corrected chi connectivity index (χ3v) is 3.28. The molecule has 0 bridgehead atoms. The molecule has 1 atom stereocenters. The molecule has 2 N–H and O–H groups in total. The van der Waals surface area contributed by atoms with Crippen molar-refractivity contribution in [1.29, 1.82) is 0 Å². The van der Waals surface area contributed by atoms with Gasteiger partial charge in [0.05, 0.1) is 12.6 Å². The number of ether oxygens (including phenoxy) is 1. The quantitative estimate of drug-likeness (QED) is 0.777. The summed E-state index contributed by atoms with van der Waals surface area (Å²) in [5.74, 6) is -0.433. The minimum absolute atomic E-state index is 0.0211.